The predicted molar refractivity (Wildman–Crippen MR) is 65.0 cm³/mol. The maximum Gasteiger partial charge on any atom is 0.261 e. The molecule has 0 spiro atoms. The molecule has 88 valence electrons. The highest BCUT2D eigenvalue weighted by atomic mass is 32.1. The molecule has 0 aliphatic carbocycles. The van der Waals surface area contributed by atoms with Crippen LogP contribution in [0.4, 0.5) is 0 Å². The van der Waals surface area contributed by atoms with Crippen LogP contribution in [0.3, 0.4) is 0 Å². The first kappa shape index (κ1) is 11.6. The van der Waals surface area contributed by atoms with Crippen molar-refractivity contribution in [1.29, 1.82) is 0 Å². The van der Waals surface area contributed by atoms with E-state index in [9.17, 15) is 4.79 Å². The molecule has 1 aromatic heterocycles. The summed E-state index contributed by atoms with van der Waals surface area (Å²) in [6.07, 6.45) is 3.57. The average Bonchev–Trinajstić information content (AvgIpc) is 2.89. The molecule has 1 aromatic rings. The first-order valence-electron chi connectivity index (χ1n) is 5.72. The molecule has 1 fully saturated rings. The smallest absolute Gasteiger partial charge is 0.261 e. The van der Waals surface area contributed by atoms with E-state index in [-0.39, 0.29) is 5.91 Å². The number of nitrogens with one attached hydrogen (secondary N) is 1. The Balaban J connectivity index is 1.71. The summed E-state index contributed by atoms with van der Waals surface area (Å²) in [5.74, 6) is 0.0381. The van der Waals surface area contributed by atoms with Gasteiger partial charge in [-0.25, -0.2) is 0 Å². The normalized spacial score (nSPS) is 19.9. The Morgan fingerprint density at radius 2 is 2.50 bits per heavy atom. The lowest BCUT2D eigenvalue weighted by Gasteiger charge is -2.09. The molecule has 1 unspecified atom stereocenters. The zero-order chi connectivity index (χ0) is 11.4. The van der Waals surface area contributed by atoms with Gasteiger partial charge in [0.2, 0.25) is 0 Å². The van der Waals surface area contributed by atoms with Gasteiger partial charge < -0.3 is 10.1 Å². The molecular weight excluding hydrogens is 222 g/mol. The standard InChI is InChI=1S/C12H17NO2S/c1-9-4-5-11(16-9)12(14)13-7-6-10-3-2-8-15-10/h4-5,10H,2-3,6-8H2,1H3,(H,13,14). The van der Waals surface area contributed by atoms with E-state index in [0.29, 0.717) is 12.6 Å². The van der Waals surface area contributed by atoms with Gasteiger partial charge in [-0.2, -0.15) is 0 Å². The summed E-state index contributed by atoms with van der Waals surface area (Å²) in [5, 5.41) is 2.93. The van der Waals surface area contributed by atoms with Crippen LogP contribution in [0.1, 0.15) is 33.8 Å². The maximum absolute atomic E-state index is 11.7. The number of thiophene rings is 1. The van der Waals surface area contributed by atoms with E-state index in [4.69, 9.17) is 4.74 Å². The quantitative estimate of drug-likeness (QED) is 0.876. The third-order valence-electron chi connectivity index (χ3n) is 2.74. The van der Waals surface area contributed by atoms with Crippen molar-refractivity contribution < 1.29 is 9.53 Å². The van der Waals surface area contributed by atoms with Gasteiger partial charge >= 0.3 is 0 Å². The van der Waals surface area contributed by atoms with Crippen molar-refractivity contribution in [2.24, 2.45) is 0 Å². The fourth-order valence-electron chi connectivity index (χ4n) is 1.86. The molecule has 3 nitrogen and oxygen atoms in total. The summed E-state index contributed by atoms with van der Waals surface area (Å²) in [5.41, 5.74) is 0. The zero-order valence-electron chi connectivity index (χ0n) is 9.49. The van der Waals surface area contributed by atoms with Crippen molar-refractivity contribution in [3.63, 3.8) is 0 Å². The summed E-state index contributed by atoms with van der Waals surface area (Å²) >= 11 is 1.54. The van der Waals surface area contributed by atoms with Crippen molar-refractivity contribution in [3.8, 4) is 0 Å². The van der Waals surface area contributed by atoms with Gasteiger partial charge in [-0.3, -0.25) is 4.79 Å². The summed E-state index contributed by atoms with van der Waals surface area (Å²) in [6, 6.07) is 3.85. The van der Waals surface area contributed by atoms with Crippen molar-refractivity contribution in [2.45, 2.75) is 32.3 Å². The molecule has 1 amide bonds. The van der Waals surface area contributed by atoms with Crippen LogP contribution in [0.2, 0.25) is 0 Å². The summed E-state index contributed by atoms with van der Waals surface area (Å²) < 4.78 is 5.50. The highest BCUT2D eigenvalue weighted by Gasteiger charge is 2.15. The lowest BCUT2D eigenvalue weighted by Crippen LogP contribution is -2.26. The van der Waals surface area contributed by atoms with E-state index in [0.717, 1.165) is 30.7 Å². The second-order valence-corrected chi connectivity index (χ2v) is 5.38. The van der Waals surface area contributed by atoms with E-state index < -0.39 is 0 Å². The highest BCUT2D eigenvalue weighted by Crippen LogP contribution is 2.16. The van der Waals surface area contributed by atoms with E-state index in [1.54, 1.807) is 0 Å². The molecule has 16 heavy (non-hydrogen) atoms. The number of rotatable bonds is 4. The van der Waals surface area contributed by atoms with Crippen LogP contribution in [-0.4, -0.2) is 25.2 Å². The summed E-state index contributed by atoms with van der Waals surface area (Å²) in [6.45, 7) is 3.59. The van der Waals surface area contributed by atoms with Crippen molar-refractivity contribution in [2.75, 3.05) is 13.2 Å². The van der Waals surface area contributed by atoms with Crippen LogP contribution >= 0.6 is 11.3 Å². The largest absolute Gasteiger partial charge is 0.378 e. The summed E-state index contributed by atoms with van der Waals surface area (Å²) in [7, 11) is 0. The minimum Gasteiger partial charge on any atom is -0.378 e. The minimum atomic E-state index is 0.0381. The van der Waals surface area contributed by atoms with Gasteiger partial charge in [0.05, 0.1) is 11.0 Å². The molecule has 2 rings (SSSR count). The van der Waals surface area contributed by atoms with E-state index >= 15 is 0 Å². The second-order valence-electron chi connectivity index (χ2n) is 4.09. The van der Waals surface area contributed by atoms with Gasteiger partial charge in [0.15, 0.2) is 0 Å². The Morgan fingerprint density at radius 3 is 3.12 bits per heavy atom. The van der Waals surface area contributed by atoms with E-state index in [1.807, 2.05) is 19.1 Å². The molecule has 1 aliphatic rings. The molecule has 0 radical (unpaired) electrons. The van der Waals surface area contributed by atoms with Gasteiger partial charge in [-0.15, -0.1) is 11.3 Å². The molecule has 0 bridgehead atoms. The van der Waals surface area contributed by atoms with Crippen LogP contribution in [0.5, 0.6) is 0 Å². The third kappa shape index (κ3) is 3.06. The molecular formula is C12H17NO2S. The Morgan fingerprint density at radius 1 is 1.62 bits per heavy atom. The number of hydrogen-bond acceptors (Lipinski definition) is 3. The topological polar surface area (TPSA) is 38.3 Å². The molecule has 1 atom stereocenters. The Labute approximate surface area is 99.8 Å². The van der Waals surface area contributed by atoms with Gasteiger partial charge in [0, 0.05) is 18.0 Å². The highest BCUT2D eigenvalue weighted by molar-refractivity contribution is 7.13. The third-order valence-corrected chi connectivity index (χ3v) is 3.74. The van der Waals surface area contributed by atoms with Gasteiger partial charge in [0.1, 0.15) is 0 Å². The van der Waals surface area contributed by atoms with Crippen molar-refractivity contribution in [1.82, 2.24) is 5.32 Å². The van der Waals surface area contributed by atoms with Crippen LogP contribution in [0.15, 0.2) is 12.1 Å². The first-order chi connectivity index (χ1) is 7.75. The molecule has 1 aliphatic heterocycles. The summed E-state index contributed by atoms with van der Waals surface area (Å²) in [4.78, 5) is 13.7. The fraction of sp³-hybridized carbons (Fsp3) is 0.583. The van der Waals surface area contributed by atoms with Crippen molar-refractivity contribution in [3.05, 3.63) is 21.9 Å². The Hall–Kier alpha value is -0.870. The van der Waals surface area contributed by atoms with Crippen LogP contribution < -0.4 is 5.32 Å². The number of aryl methyl sites for hydroxylation is 1. The number of ether oxygens (including phenoxy) is 1. The van der Waals surface area contributed by atoms with Gasteiger partial charge in [-0.05, 0) is 38.3 Å². The maximum atomic E-state index is 11.7. The molecule has 4 heteroatoms. The predicted octanol–water partition coefficient (Wildman–Crippen LogP) is 2.36. The van der Waals surface area contributed by atoms with E-state index in [2.05, 4.69) is 5.32 Å². The molecule has 1 saturated heterocycles. The fourth-order valence-corrected chi connectivity index (χ4v) is 2.65. The van der Waals surface area contributed by atoms with Crippen LogP contribution in [0.25, 0.3) is 0 Å². The van der Waals surface area contributed by atoms with Gasteiger partial charge in [0.25, 0.3) is 5.91 Å². The minimum absolute atomic E-state index is 0.0381. The SMILES string of the molecule is Cc1ccc(C(=O)NCCC2CCCO2)s1. The lowest BCUT2D eigenvalue weighted by atomic mass is 10.2. The lowest BCUT2D eigenvalue weighted by molar-refractivity contribution is 0.0910. The second kappa shape index (κ2) is 5.46. The number of carbonyl (C=O) groups is 1. The Bertz CT molecular complexity index is 356. The van der Waals surface area contributed by atoms with Crippen LogP contribution in [-0.2, 0) is 4.74 Å². The average molecular weight is 239 g/mol. The van der Waals surface area contributed by atoms with Crippen LogP contribution in [0, 0.1) is 6.92 Å². The molecule has 2 heterocycles. The number of hydrogen-bond donors (Lipinski definition) is 1. The molecule has 0 aromatic carbocycles. The van der Waals surface area contributed by atoms with Crippen molar-refractivity contribution >= 4 is 17.2 Å². The van der Waals surface area contributed by atoms with Gasteiger partial charge in [-0.1, -0.05) is 0 Å². The zero-order valence-corrected chi connectivity index (χ0v) is 10.3. The monoisotopic (exact) mass is 239 g/mol. The number of carbonyl (C=O) groups excluding carboxylic acids is 1. The molecule has 1 N–H and O–H groups in total. The first-order valence-corrected chi connectivity index (χ1v) is 6.53. The van der Waals surface area contributed by atoms with E-state index in [1.165, 1.54) is 16.2 Å². The number of amides is 1. The molecule has 0 saturated carbocycles. The Kier molecular flexibility index (Phi) is 3.96.